The van der Waals surface area contributed by atoms with Gasteiger partial charge in [0.05, 0.1) is 0 Å². The van der Waals surface area contributed by atoms with Gasteiger partial charge < -0.3 is 10.6 Å². The Morgan fingerprint density at radius 2 is 2.05 bits per heavy atom. The molecule has 1 aliphatic heterocycles. The third-order valence-corrected chi connectivity index (χ3v) is 5.20. The molecule has 0 bridgehead atoms. The normalized spacial score (nSPS) is 22.8. The minimum atomic E-state index is 0.614. The molecular formula is C18H29N3. The van der Waals surface area contributed by atoms with Gasteiger partial charge in [0.1, 0.15) is 5.82 Å². The van der Waals surface area contributed by atoms with Gasteiger partial charge in [-0.3, -0.25) is 0 Å². The molecule has 2 N–H and O–H groups in total. The number of aryl methyl sites for hydroxylation is 2. The number of hydrogen-bond donors (Lipinski definition) is 1. The van der Waals surface area contributed by atoms with Gasteiger partial charge in [-0.05, 0) is 56.6 Å². The van der Waals surface area contributed by atoms with E-state index in [0.717, 1.165) is 13.0 Å². The van der Waals surface area contributed by atoms with E-state index in [1.54, 1.807) is 0 Å². The first-order valence-electron chi connectivity index (χ1n) is 8.82. The van der Waals surface area contributed by atoms with Crippen molar-refractivity contribution in [1.29, 1.82) is 0 Å². The summed E-state index contributed by atoms with van der Waals surface area (Å²) in [6.07, 6.45) is 11.5. The highest BCUT2D eigenvalue weighted by atomic mass is 15.2. The number of pyridine rings is 1. The Kier molecular flexibility index (Phi) is 4.79. The van der Waals surface area contributed by atoms with Crippen LogP contribution in [-0.4, -0.2) is 17.6 Å². The molecule has 0 spiro atoms. The highest BCUT2D eigenvalue weighted by Gasteiger charge is 2.24. The Balaban J connectivity index is 1.98. The van der Waals surface area contributed by atoms with E-state index in [9.17, 15) is 0 Å². The first-order chi connectivity index (χ1) is 10.3. The highest BCUT2D eigenvalue weighted by Crippen LogP contribution is 2.31. The zero-order valence-corrected chi connectivity index (χ0v) is 13.4. The van der Waals surface area contributed by atoms with Crippen molar-refractivity contribution in [2.75, 3.05) is 11.4 Å². The Bertz CT molecular complexity index is 484. The number of rotatable bonds is 3. The summed E-state index contributed by atoms with van der Waals surface area (Å²) in [5, 5.41) is 0. The molecule has 0 radical (unpaired) electrons. The maximum absolute atomic E-state index is 6.05. The fourth-order valence-corrected chi connectivity index (χ4v) is 3.95. The second kappa shape index (κ2) is 6.78. The van der Waals surface area contributed by atoms with Crippen molar-refractivity contribution in [3.8, 4) is 0 Å². The van der Waals surface area contributed by atoms with E-state index in [4.69, 9.17) is 10.7 Å². The van der Waals surface area contributed by atoms with Crippen molar-refractivity contribution in [1.82, 2.24) is 4.98 Å². The SMILES string of the molecule is CCC1CCCCCN1c1nc2c(cc1CN)CCCC2. The number of fused-ring (bicyclic) bond motifs is 1. The largest absolute Gasteiger partial charge is 0.353 e. The molecule has 3 heteroatoms. The molecule has 2 heterocycles. The van der Waals surface area contributed by atoms with Crippen LogP contribution in [0.4, 0.5) is 5.82 Å². The van der Waals surface area contributed by atoms with Gasteiger partial charge in [0.2, 0.25) is 0 Å². The average molecular weight is 287 g/mol. The van der Waals surface area contributed by atoms with Crippen molar-refractivity contribution in [2.24, 2.45) is 5.73 Å². The zero-order valence-electron chi connectivity index (χ0n) is 13.4. The van der Waals surface area contributed by atoms with Crippen LogP contribution in [-0.2, 0) is 19.4 Å². The van der Waals surface area contributed by atoms with Gasteiger partial charge in [-0.15, -0.1) is 0 Å². The van der Waals surface area contributed by atoms with Crippen LogP contribution in [0.25, 0.3) is 0 Å². The van der Waals surface area contributed by atoms with Gasteiger partial charge in [0.25, 0.3) is 0 Å². The van der Waals surface area contributed by atoms with Crippen molar-refractivity contribution in [3.05, 3.63) is 22.9 Å². The molecule has 0 aromatic carbocycles. The summed E-state index contributed by atoms with van der Waals surface area (Å²) in [5.41, 5.74) is 10.1. The Labute approximate surface area is 128 Å². The second-order valence-electron chi connectivity index (χ2n) is 6.59. The van der Waals surface area contributed by atoms with E-state index < -0.39 is 0 Å². The fraction of sp³-hybridized carbons (Fsp3) is 0.722. The maximum atomic E-state index is 6.05. The van der Waals surface area contributed by atoms with Crippen LogP contribution in [0, 0.1) is 0 Å². The molecule has 2 aliphatic rings. The molecule has 3 rings (SSSR count). The lowest BCUT2D eigenvalue weighted by molar-refractivity contribution is 0.548. The van der Waals surface area contributed by atoms with Gasteiger partial charge in [-0.2, -0.15) is 0 Å². The van der Waals surface area contributed by atoms with E-state index in [1.165, 1.54) is 74.0 Å². The third kappa shape index (κ3) is 3.08. The molecule has 0 amide bonds. The Morgan fingerprint density at radius 3 is 2.86 bits per heavy atom. The molecule has 1 fully saturated rings. The highest BCUT2D eigenvalue weighted by molar-refractivity contribution is 5.51. The quantitative estimate of drug-likeness (QED) is 0.924. The summed E-state index contributed by atoms with van der Waals surface area (Å²) in [4.78, 5) is 7.67. The van der Waals surface area contributed by atoms with Crippen LogP contribution >= 0.6 is 0 Å². The number of aromatic nitrogens is 1. The Hall–Kier alpha value is -1.09. The maximum Gasteiger partial charge on any atom is 0.133 e. The molecule has 0 saturated carbocycles. The van der Waals surface area contributed by atoms with Crippen LogP contribution in [0.15, 0.2) is 6.07 Å². The van der Waals surface area contributed by atoms with E-state index in [2.05, 4.69) is 17.9 Å². The smallest absolute Gasteiger partial charge is 0.133 e. The zero-order chi connectivity index (χ0) is 14.7. The molecule has 3 nitrogen and oxygen atoms in total. The molecule has 116 valence electrons. The Morgan fingerprint density at radius 1 is 1.19 bits per heavy atom. The van der Waals surface area contributed by atoms with Crippen LogP contribution in [0.1, 0.15) is 68.7 Å². The van der Waals surface area contributed by atoms with Crippen LogP contribution in [0.3, 0.4) is 0 Å². The summed E-state index contributed by atoms with van der Waals surface area (Å²) in [5.74, 6) is 1.20. The summed E-state index contributed by atoms with van der Waals surface area (Å²) >= 11 is 0. The first-order valence-corrected chi connectivity index (χ1v) is 8.82. The van der Waals surface area contributed by atoms with Gasteiger partial charge in [0.15, 0.2) is 0 Å². The van der Waals surface area contributed by atoms with Gasteiger partial charge in [0, 0.05) is 30.4 Å². The molecule has 1 aromatic rings. The van der Waals surface area contributed by atoms with Gasteiger partial charge in [-0.1, -0.05) is 19.8 Å². The average Bonchev–Trinajstić information content (AvgIpc) is 2.78. The minimum absolute atomic E-state index is 0.614. The standard InChI is InChI=1S/C18H29N3/c1-2-16-9-4-3-7-11-21(16)18-15(13-19)12-14-8-5-6-10-17(14)20-18/h12,16H,2-11,13,19H2,1H3. The second-order valence-corrected chi connectivity index (χ2v) is 6.59. The molecule has 1 aliphatic carbocycles. The molecule has 1 unspecified atom stereocenters. The lowest BCUT2D eigenvalue weighted by Gasteiger charge is -2.33. The first kappa shape index (κ1) is 14.8. The summed E-state index contributed by atoms with van der Waals surface area (Å²) in [7, 11) is 0. The number of hydrogen-bond acceptors (Lipinski definition) is 3. The van der Waals surface area contributed by atoms with Crippen LogP contribution in [0.2, 0.25) is 0 Å². The number of nitrogens with two attached hydrogens (primary N) is 1. The minimum Gasteiger partial charge on any atom is -0.353 e. The van der Waals surface area contributed by atoms with Crippen molar-refractivity contribution >= 4 is 5.82 Å². The fourth-order valence-electron chi connectivity index (χ4n) is 3.95. The van der Waals surface area contributed by atoms with E-state index in [1.807, 2.05) is 0 Å². The van der Waals surface area contributed by atoms with Crippen LogP contribution < -0.4 is 10.6 Å². The molecule has 1 saturated heterocycles. The number of anilines is 1. The molecular weight excluding hydrogens is 258 g/mol. The third-order valence-electron chi connectivity index (χ3n) is 5.20. The van der Waals surface area contributed by atoms with Crippen molar-refractivity contribution < 1.29 is 0 Å². The molecule has 1 atom stereocenters. The summed E-state index contributed by atoms with van der Waals surface area (Å²) in [6.45, 7) is 4.07. The predicted molar refractivity (Wildman–Crippen MR) is 88.7 cm³/mol. The topological polar surface area (TPSA) is 42.2 Å². The van der Waals surface area contributed by atoms with E-state index in [-0.39, 0.29) is 0 Å². The predicted octanol–water partition coefficient (Wildman–Crippen LogP) is 3.58. The monoisotopic (exact) mass is 287 g/mol. The summed E-state index contributed by atoms with van der Waals surface area (Å²) < 4.78 is 0. The lowest BCUT2D eigenvalue weighted by Crippen LogP contribution is -2.36. The lowest BCUT2D eigenvalue weighted by atomic mass is 9.94. The summed E-state index contributed by atoms with van der Waals surface area (Å²) in [6, 6.07) is 3.00. The van der Waals surface area contributed by atoms with Gasteiger partial charge >= 0.3 is 0 Å². The number of nitrogens with zero attached hydrogens (tertiary/aromatic N) is 2. The molecule has 1 aromatic heterocycles. The van der Waals surface area contributed by atoms with Crippen molar-refractivity contribution in [2.45, 2.75) is 77.3 Å². The van der Waals surface area contributed by atoms with E-state index >= 15 is 0 Å². The van der Waals surface area contributed by atoms with E-state index in [0.29, 0.717) is 12.6 Å². The van der Waals surface area contributed by atoms with Crippen molar-refractivity contribution in [3.63, 3.8) is 0 Å². The van der Waals surface area contributed by atoms with Crippen LogP contribution in [0.5, 0.6) is 0 Å². The molecule has 21 heavy (non-hydrogen) atoms. The van der Waals surface area contributed by atoms with Gasteiger partial charge in [-0.25, -0.2) is 4.98 Å².